The third-order valence-corrected chi connectivity index (χ3v) is 3.86. The van der Waals surface area contributed by atoms with Crippen molar-refractivity contribution in [1.29, 1.82) is 0 Å². The minimum absolute atomic E-state index is 0.411. The van der Waals surface area contributed by atoms with Gasteiger partial charge in [0.25, 0.3) is 0 Å². The van der Waals surface area contributed by atoms with Crippen molar-refractivity contribution in [3.05, 3.63) is 23.3 Å². The van der Waals surface area contributed by atoms with E-state index in [1.54, 1.807) is 13.8 Å². The zero-order chi connectivity index (χ0) is 17.9. The lowest BCUT2D eigenvalue weighted by Gasteiger charge is -2.27. The van der Waals surface area contributed by atoms with Crippen LogP contribution in [0.4, 0.5) is 26.3 Å². The number of nitrogens with one attached hydrogen (secondary N) is 1. The molecule has 5 nitrogen and oxygen atoms in total. The number of alkyl halides is 6. The molecule has 0 bridgehead atoms. The van der Waals surface area contributed by atoms with E-state index in [4.69, 9.17) is 9.47 Å². The molecule has 4 atom stereocenters. The molecular formula is C13H13F6N3O2. The summed E-state index contributed by atoms with van der Waals surface area (Å²) in [5.74, 6) is -2.73. The number of hydrogen-bond acceptors (Lipinski definition) is 5. The predicted octanol–water partition coefficient (Wildman–Crippen LogP) is 2.68. The molecule has 1 N–H and O–H groups in total. The zero-order valence-electron chi connectivity index (χ0n) is 12.4. The number of fused-ring (bicyclic) bond motifs is 1. The third-order valence-electron chi connectivity index (χ3n) is 3.86. The van der Waals surface area contributed by atoms with Crippen LogP contribution < -0.4 is 5.32 Å². The Hall–Kier alpha value is -1.46. The minimum Gasteiger partial charge on any atom is -0.355 e. The number of nitrogens with zero attached hydrogens (tertiary/aromatic N) is 2. The van der Waals surface area contributed by atoms with Gasteiger partial charge in [-0.3, -0.25) is 5.32 Å². The van der Waals surface area contributed by atoms with Crippen molar-refractivity contribution in [3.8, 4) is 0 Å². The molecule has 0 saturated carbocycles. The third kappa shape index (κ3) is 3.33. The van der Waals surface area contributed by atoms with Gasteiger partial charge in [0.2, 0.25) is 5.82 Å². The van der Waals surface area contributed by atoms with Gasteiger partial charge in [-0.25, -0.2) is 9.97 Å². The monoisotopic (exact) mass is 357 g/mol. The predicted molar refractivity (Wildman–Crippen MR) is 66.6 cm³/mol. The van der Waals surface area contributed by atoms with E-state index in [0.29, 0.717) is 6.07 Å². The first-order chi connectivity index (χ1) is 11.0. The van der Waals surface area contributed by atoms with Crippen LogP contribution in [0, 0.1) is 0 Å². The molecule has 2 aliphatic rings. The molecule has 2 fully saturated rings. The highest BCUT2D eigenvalue weighted by atomic mass is 19.4. The molecule has 0 aromatic carbocycles. The molecule has 4 unspecified atom stereocenters. The number of rotatable bonds is 1. The molecule has 0 amide bonds. The van der Waals surface area contributed by atoms with E-state index in [1.165, 1.54) is 0 Å². The van der Waals surface area contributed by atoms with Gasteiger partial charge < -0.3 is 9.47 Å². The van der Waals surface area contributed by atoms with Crippen LogP contribution in [-0.4, -0.2) is 34.6 Å². The summed E-state index contributed by atoms with van der Waals surface area (Å²) in [7, 11) is 0. The smallest absolute Gasteiger partial charge is 0.355 e. The number of ether oxygens (including phenoxy) is 2. The SMILES string of the molecule is CC1OC2NC2OC(C)C1c1cc(C(F)(F)F)nc(C(F)(F)F)n1. The van der Waals surface area contributed by atoms with Crippen molar-refractivity contribution in [2.45, 2.75) is 56.8 Å². The van der Waals surface area contributed by atoms with Gasteiger partial charge in [0.1, 0.15) is 5.69 Å². The Morgan fingerprint density at radius 1 is 0.917 bits per heavy atom. The number of aromatic nitrogens is 2. The summed E-state index contributed by atoms with van der Waals surface area (Å²) in [6.07, 6.45) is -12.3. The van der Waals surface area contributed by atoms with Crippen molar-refractivity contribution in [2.75, 3.05) is 0 Å². The maximum atomic E-state index is 12.9. The Bertz CT molecular complexity index is 587. The highest BCUT2D eigenvalue weighted by Gasteiger charge is 2.49. The van der Waals surface area contributed by atoms with Crippen molar-refractivity contribution >= 4 is 0 Å². The summed E-state index contributed by atoms with van der Waals surface area (Å²) in [5, 5.41) is 2.84. The van der Waals surface area contributed by atoms with E-state index in [-0.39, 0.29) is 0 Å². The van der Waals surface area contributed by atoms with E-state index >= 15 is 0 Å². The van der Waals surface area contributed by atoms with Gasteiger partial charge >= 0.3 is 12.4 Å². The summed E-state index contributed by atoms with van der Waals surface area (Å²) >= 11 is 0. The van der Waals surface area contributed by atoms with Gasteiger partial charge in [-0.15, -0.1) is 0 Å². The van der Waals surface area contributed by atoms with Crippen LogP contribution in [0.1, 0.15) is 37.0 Å². The molecule has 0 aliphatic carbocycles. The second-order valence-electron chi connectivity index (χ2n) is 5.71. The first-order valence-electron chi connectivity index (χ1n) is 7.07. The first kappa shape index (κ1) is 17.4. The molecule has 2 saturated heterocycles. The van der Waals surface area contributed by atoms with Crippen LogP contribution >= 0.6 is 0 Å². The summed E-state index contributed by atoms with van der Waals surface area (Å²) in [4.78, 5) is 5.92. The van der Waals surface area contributed by atoms with Crippen LogP contribution in [0.15, 0.2) is 6.07 Å². The summed E-state index contributed by atoms with van der Waals surface area (Å²) in [5.41, 5.74) is -2.06. The van der Waals surface area contributed by atoms with Crippen LogP contribution in [0.2, 0.25) is 0 Å². The summed E-state index contributed by atoms with van der Waals surface area (Å²) in [6, 6.07) is 0.518. The molecule has 0 spiro atoms. The van der Waals surface area contributed by atoms with E-state index in [2.05, 4.69) is 15.3 Å². The quantitative estimate of drug-likeness (QED) is 0.618. The molecule has 2 aliphatic heterocycles. The maximum absolute atomic E-state index is 12.9. The van der Waals surface area contributed by atoms with Gasteiger partial charge in [-0.1, -0.05) is 0 Å². The topological polar surface area (TPSA) is 66.2 Å². The van der Waals surface area contributed by atoms with Gasteiger partial charge in [0.15, 0.2) is 12.5 Å². The fraction of sp³-hybridized carbons (Fsp3) is 0.692. The number of halogens is 6. The lowest BCUT2D eigenvalue weighted by atomic mass is 9.93. The molecule has 1 aromatic heterocycles. The summed E-state index contributed by atoms with van der Waals surface area (Å²) < 4.78 is 88.4. The van der Waals surface area contributed by atoms with E-state index in [9.17, 15) is 26.3 Å². The van der Waals surface area contributed by atoms with Crippen molar-refractivity contribution < 1.29 is 35.8 Å². The minimum atomic E-state index is -5.10. The molecule has 3 heterocycles. The maximum Gasteiger partial charge on any atom is 0.451 e. The Balaban J connectivity index is 2.05. The highest BCUT2D eigenvalue weighted by Crippen LogP contribution is 2.38. The Morgan fingerprint density at radius 3 is 1.92 bits per heavy atom. The Labute approximate surface area is 132 Å². The van der Waals surface area contributed by atoms with Crippen molar-refractivity contribution in [2.24, 2.45) is 0 Å². The lowest BCUT2D eigenvalue weighted by molar-refractivity contribution is -0.153. The van der Waals surface area contributed by atoms with Crippen LogP contribution in [0.25, 0.3) is 0 Å². The normalized spacial score (nSPS) is 33.8. The first-order valence-corrected chi connectivity index (χ1v) is 7.07. The fourth-order valence-electron chi connectivity index (χ4n) is 2.73. The van der Waals surface area contributed by atoms with Gasteiger partial charge in [-0.2, -0.15) is 26.3 Å². The molecule has 0 radical (unpaired) electrons. The van der Waals surface area contributed by atoms with E-state index in [1.807, 2.05) is 0 Å². The second kappa shape index (κ2) is 5.53. The van der Waals surface area contributed by atoms with Crippen molar-refractivity contribution in [1.82, 2.24) is 15.3 Å². The second-order valence-corrected chi connectivity index (χ2v) is 5.71. The van der Waals surface area contributed by atoms with E-state index < -0.39 is 60.1 Å². The van der Waals surface area contributed by atoms with Crippen LogP contribution in [-0.2, 0) is 21.8 Å². The standard InChI is InChI=1S/C13H13F6N3O2/c1-4-8(5(2)24-10-9(22-10)23-4)6-3-7(12(14,15)16)21-11(20-6)13(17,18)19/h3-5,8-10,22H,1-2H3. The Kier molecular flexibility index (Phi) is 4.00. The molecular weight excluding hydrogens is 344 g/mol. The molecule has 24 heavy (non-hydrogen) atoms. The average Bonchev–Trinajstić information content (AvgIpc) is 3.14. The average molecular weight is 357 g/mol. The molecule has 11 heteroatoms. The van der Waals surface area contributed by atoms with Crippen LogP contribution in [0.3, 0.4) is 0 Å². The van der Waals surface area contributed by atoms with E-state index in [0.717, 1.165) is 0 Å². The van der Waals surface area contributed by atoms with Gasteiger partial charge in [-0.05, 0) is 19.9 Å². The van der Waals surface area contributed by atoms with Crippen molar-refractivity contribution in [3.63, 3.8) is 0 Å². The molecule has 3 rings (SSSR count). The summed E-state index contributed by atoms with van der Waals surface area (Å²) in [6.45, 7) is 3.10. The fourth-order valence-corrected chi connectivity index (χ4v) is 2.73. The zero-order valence-corrected chi connectivity index (χ0v) is 12.4. The molecule has 1 aromatic rings. The largest absolute Gasteiger partial charge is 0.451 e. The Morgan fingerprint density at radius 2 is 1.46 bits per heavy atom. The van der Waals surface area contributed by atoms with Gasteiger partial charge in [0.05, 0.1) is 23.8 Å². The highest BCUT2D eigenvalue weighted by molar-refractivity contribution is 5.21. The van der Waals surface area contributed by atoms with Crippen LogP contribution in [0.5, 0.6) is 0 Å². The lowest BCUT2D eigenvalue weighted by Crippen LogP contribution is -2.31. The van der Waals surface area contributed by atoms with Gasteiger partial charge in [0, 0.05) is 0 Å². The molecule has 134 valence electrons. The number of hydrogen-bond donors (Lipinski definition) is 1.